The van der Waals surface area contributed by atoms with Crippen LogP contribution in [0.4, 0.5) is 5.69 Å². The molecule has 0 spiro atoms. The summed E-state index contributed by atoms with van der Waals surface area (Å²) >= 11 is 5.84. The van der Waals surface area contributed by atoms with Gasteiger partial charge in [-0.2, -0.15) is 0 Å². The molecule has 0 bridgehead atoms. The third kappa shape index (κ3) is 4.23. The van der Waals surface area contributed by atoms with Gasteiger partial charge in [-0.1, -0.05) is 32.4 Å². The van der Waals surface area contributed by atoms with Crippen molar-refractivity contribution in [2.75, 3.05) is 18.4 Å². The summed E-state index contributed by atoms with van der Waals surface area (Å²) in [7, 11) is 0. The van der Waals surface area contributed by atoms with E-state index in [-0.39, 0.29) is 17.7 Å². The van der Waals surface area contributed by atoms with E-state index in [9.17, 15) is 9.59 Å². The van der Waals surface area contributed by atoms with Gasteiger partial charge < -0.3 is 10.2 Å². The Bertz CT molecular complexity index is 549. The highest BCUT2D eigenvalue weighted by Crippen LogP contribution is 2.24. The van der Waals surface area contributed by atoms with E-state index in [0.29, 0.717) is 11.6 Å². The van der Waals surface area contributed by atoms with E-state index in [1.807, 2.05) is 25.7 Å². The van der Waals surface area contributed by atoms with Gasteiger partial charge in [0.15, 0.2) is 0 Å². The third-order valence-corrected chi connectivity index (χ3v) is 4.08. The van der Waals surface area contributed by atoms with Gasteiger partial charge in [-0.05, 0) is 37.1 Å². The van der Waals surface area contributed by atoms with Gasteiger partial charge in [-0.25, -0.2) is 0 Å². The first-order chi connectivity index (χ1) is 10.3. The molecule has 1 heterocycles. The molecule has 0 saturated carbocycles. The quantitative estimate of drug-likeness (QED) is 0.905. The minimum Gasteiger partial charge on any atom is -0.341 e. The summed E-state index contributed by atoms with van der Waals surface area (Å²) in [5.41, 5.74) is 0.322. The van der Waals surface area contributed by atoms with Crippen molar-refractivity contribution in [2.45, 2.75) is 33.6 Å². The Labute approximate surface area is 136 Å². The average molecular weight is 323 g/mol. The molecule has 1 fully saturated rings. The maximum atomic E-state index is 12.4. The van der Waals surface area contributed by atoms with Gasteiger partial charge in [0.2, 0.25) is 11.8 Å². The molecule has 22 heavy (non-hydrogen) atoms. The minimum atomic E-state index is -0.408. The van der Waals surface area contributed by atoms with E-state index in [1.54, 1.807) is 24.3 Å². The normalized spacial score (nSPS) is 18.9. The molecule has 120 valence electrons. The Balaban J connectivity index is 1.98. The van der Waals surface area contributed by atoms with E-state index < -0.39 is 5.41 Å². The van der Waals surface area contributed by atoms with Crippen LogP contribution >= 0.6 is 11.6 Å². The maximum absolute atomic E-state index is 12.4. The van der Waals surface area contributed by atoms with Gasteiger partial charge in [0.1, 0.15) is 0 Å². The molecule has 0 aliphatic carbocycles. The Morgan fingerprint density at radius 3 is 2.45 bits per heavy atom. The number of piperidine rings is 1. The van der Waals surface area contributed by atoms with Crippen molar-refractivity contribution in [3.8, 4) is 0 Å². The second kappa shape index (κ2) is 6.69. The van der Waals surface area contributed by atoms with Gasteiger partial charge in [0, 0.05) is 29.2 Å². The van der Waals surface area contributed by atoms with E-state index in [4.69, 9.17) is 11.6 Å². The zero-order valence-electron chi connectivity index (χ0n) is 13.4. The number of anilines is 1. The molecule has 1 aliphatic rings. The number of carbonyl (C=O) groups excluding carboxylic acids is 2. The summed E-state index contributed by atoms with van der Waals surface area (Å²) in [6, 6.07) is 7.04. The van der Waals surface area contributed by atoms with E-state index in [1.165, 1.54) is 0 Å². The summed E-state index contributed by atoms with van der Waals surface area (Å²) in [4.78, 5) is 26.6. The van der Waals surface area contributed by atoms with Crippen LogP contribution in [0.5, 0.6) is 0 Å². The van der Waals surface area contributed by atoms with Crippen LogP contribution in [-0.4, -0.2) is 29.8 Å². The Kier molecular flexibility index (Phi) is 5.12. The molecule has 1 aromatic rings. The topological polar surface area (TPSA) is 49.4 Å². The minimum absolute atomic E-state index is 0.0336. The van der Waals surface area contributed by atoms with Crippen molar-refractivity contribution in [1.29, 1.82) is 0 Å². The first kappa shape index (κ1) is 16.8. The molecule has 2 rings (SSSR count). The van der Waals surface area contributed by atoms with Gasteiger partial charge in [-0.15, -0.1) is 0 Å². The molecule has 1 aromatic carbocycles. The van der Waals surface area contributed by atoms with Crippen LogP contribution in [0, 0.1) is 11.3 Å². The summed E-state index contributed by atoms with van der Waals surface area (Å²) in [5, 5.41) is 3.54. The Morgan fingerprint density at radius 2 is 1.86 bits per heavy atom. The molecule has 5 heteroatoms. The number of rotatable bonds is 2. The van der Waals surface area contributed by atoms with Crippen LogP contribution in [0.3, 0.4) is 0 Å². The SMILES string of the molecule is CC(C)(C)C(=O)N1CCC[C@@H](C(=O)Nc2ccc(Cl)cc2)C1. The van der Waals surface area contributed by atoms with Crippen LogP contribution in [0.2, 0.25) is 5.02 Å². The van der Waals surface area contributed by atoms with Crippen LogP contribution in [0.15, 0.2) is 24.3 Å². The highest BCUT2D eigenvalue weighted by Gasteiger charge is 2.33. The molecule has 0 unspecified atom stereocenters. The first-order valence-corrected chi connectivity index (χ1v) is 8.01. The highest BCUT2D eigenvalue weighted by atomic mass is 35.5. The van der Waals surface area contributed by atoms with Crippen LogP contribution < -0.4 is 5.32 Å². The number of nitrogens with zero attached hydrogens (tertiary/aromatic N) is 1. The Morgan fingerprint density at radius 1 is 1.23 bits per heavy atom. The van der Waals surface area contributed by atoms with Crippen molar-refractivity contribution in [2.24, 2.45) is 11.3 Å². The molecule has 2 amide bonds. The summed E-state index contributed by atoms with van der Waals surface area (Å²) < 4.78 is 0. The van der Waals surface area contributed by atoms with Gasteiger partial charge in [0.05, 0.1) is 5.92 Å². The lowest BCUT2D eigenvalue weighted by atomic mass is 9.91. The van der Waals surface area contributed by atoms with Crippen LogP contribution in [0.1, 0.15) is 33.6 Å². The van der Waals surface area contributed by atoms with Crippen molar-refractivity contribution < 1.29 is 9.59 Å². The first-order valence-electron chi connectivity index (χ1n) is 7.63. The molecule has 1 atom stereocenters. The zero-order valence-corrected chi connectivity index (χ0v) is 14.1. The fourth-order valence-electron chi connectivity index (χ4n) is 2.63. The van der Waals surface area contributed by atoms with Gasteiger partial charge in [-0.3, -0.25) is 9.59 Å². The lowest BCUT2D eigenvalue weighted by Gasteiger charge is -2.35. The van der Waals surface area contributed by atoms with Gasteiger partial charge >= 0.3 is 0 Å². The van der Waals surface area contributed by atoms with E-state index in [0.717, 1.165) is 25.1 Å². The highest BCUT2D eigenvalue weighted by molar-refractivity contribution is 6.30. The number of carbonyl (C=O) groups is 2. The molecule has 1 N–H and O–H groups in total. The lowest BCUT2D eigenvalue weighted by molar-refractivity contribution is -0.142. The maximum Gasteiger partial charge on any atom is 0.229 e. The van der Waals surface area contributed by atoms with Crippen molar-refractivity contribution in [3.63, 3.8) is 0 Å². The summed E-state index contributed by atoms with van der Waals surface area (Å²) in [5.74, 6) is -0.0825. The number of benzene rings is 1. The molecular formula is C17H23ClN2O2. The molecule has 1 saturated heterocycles. The fraction of sp³-hybridized carbons (Fsp3) is 0.529. The standard InChI is InChI=1S/C17H23ClN2O2/c1-17(2,3)16(22)20-10-4-5-12(11-20)15(21)19-14-8-6-13(18)7-9-14/h6-9,12H,4-5,10-11H2,1-3H3,(H,19,21)/t12-/m1/s1. The number of likely N-dealkylation sites (tertiary alicyclic amines) is 1. The largest absolute Gasteiger partial charge is 0.341 e. The Hall–Kier alpha value is -1.55. The van der Waals surface area contributed by atoms with Crippen molar-refractivity contribution in [3.05, 3.63) is 29.3 Å². The summed E-state index contributed by atoms with van der Waals surface area (Å²) in [6.45, 7) is 6.96. The molecule has 0 radical (unpaired) electrons. The second-order valence-electron chi connectivity index (χ2n) is 6.84. The average Bonchev–Trinajstić information content (AvgIpc) is 2.48. The number of halogens is 1. The number of hydrogen-bond acceptors (Lipinski definition) is 2. The lowest BCUT2D eigenvalue weighted by Crippen LogP contribution is -2.47. The van der Waals surface area contributed by atoms with Crippen molar-refractivity contribution in [1.82, 2.24) is 4.90 Å². The predicted octanol–water partition coefficient (Wildman–Crippen LogP) is 3.56. The number of nitrogens with one attached hydrogen (secondary N) is 1. The fourth-order valence-corrected chi connectivity index (χ4v) is 2.75. The molecule has 0 aromatic heterocycles. The van der Waals surface area contributed by atoms with Crippen molar-refractivity contribution >= 4 is 29.1 Å². The number of amides is 2. The molecular weight excluding hydrogens is 300 g/mol. The van der Waals surface area contributed by atoms with Gasteiger partial charge in [0.25, 0.3) is 0 Å². The monoisotopic (exact) mass is 322 g/mol. The van der Waals surface area contributed by atoms with E-state index in [2.05, 4.69) is 5.32 Å². The molecule has 4 nitrogen and oxygen atoms in total. The van der Waals surface area contributed by atoms with Crippen LogP contribution in [-0.2, 0) is 9.59 Å². The van der Waals surface area contributed by atoms with E-state index >= 15 is 0 Å². The second-order valence-corrected chi connectivity index (χ2v) is 7.27. The number of hydrogen-bond donors (Lipinski definition) is 1. The smallest absolute Gasteiger partial charge is 0.229 e. The van der Waals surface area contributed by atoms with Crippen LogP contribution in [0.25, 0.3) is 0 Å². The molecule has 1 aliphatic heterocycles. The summed E-state index contributed by atoms with van der Waals surface area (Å²) in [6.07, 6.45) is 1.67. The predicted molar refractivity (Wildman–Crippen MR) is 88.8 cm³/mol. The zero-order chi connectivity index (χ0) is 16.3. The third-order valence-electron chi connectivity index (χ3n) is 3.83.